The lowest BCUT2D eigenvalue weighted by molar-refractivity contribution is -0.388. The van der Waals surface area contributed by atoms with Crippen LogP contribution in [0.5, 0.6) is 5.75 Å². The van der Waals surface area contributed by atoms with E-state index >= 15 is 0 Å². The van der Waals surface area contributed by atoms with Crippen LogP contribution >= 0.6 is 0 Å². The second kappa shape index (κ2) is 6.19. The maximum absolute atomic E-state index is 11.7. The van der Waals surface area contributed by atoms with Gasteiger partial charge in [-0.1, -0.05) is 30.3 Å². The van der Waals surface area contributed by atoms with Crippen LogP contribution in [0, 0.1) is 10.1 Å². The Kier molecular flexibility index (Phi) is 4.22. The van der Waals surface area contributed by atoms with Gasteiger partial charge in [0.2, 0.25) is 15.8 Å². The number of hydrogen-bond donors (Lipinski definition) is 1. The van der Waals surface area contributed by atoms with Crippen molar-refractivity contribution >= 4 is 15.7 Å². The summed E-state index contributed by atoms with van der Waals surface area (Å²) < 4.78 is 34.0. The number of nitro groups is 1. The molecule has 9 heteroatoms. The molecule has 1 heterocycles. The Balaban J connectivity index is 2.21. The first-order chi connectivity index (χ1) is 11.4. The van der Waals surface area contributed by atoms with Gasteiger partial charge in [-0.15, -0.1) is 0 Å². The van der Waals surface area contributed by atoms with Gasteiger partial charge < -0.3 is 9.47 Å². The second-order valence-electron chi connectivity index (χ2n) is 5.22. The lowest BCUT2D eigenvalue weighted by Gasteiger charge is -2.13. The summed E-state index contributed by atoms with van der Waals surface area (Å²) in [4.78, 5) is 10.1. The molecule has 8 nitrogen and oxygen atoms in total. The van der Waals surface area contributed by atoms with Crippen molar-refractivity contribution < 1.29 is 22.8 Å². The summed E-state index contributed by atoms with van der Waals surface area (Å²) in [6.45, 7) is 0.595. The van der Waals surface area contributed by atoms with Crippen LogP contribution in [-0.2, 0) is 14.8 Å². The number of nitro benzene ring substituents is 1. The van der Waals surface area contributed by atoms with Crippen molar-refractivity contribution in [1.29, 1.82) is 0 Å². The van der Waals surface area contributed by atoms with Crippen LogP contribution < -0.4 is 9.88 Å². The number of hydrogen-bond acceptors (Lipinski definition) is 6. The van der Waals surface area contributed by atoms with Gasteiger partial charge in [0, 0.05) is 5.56 Å². The zero-order valence-electron chi connectivity index (χ0n) is 12.4. The normalized spacial score (nSPS) is 16.6. The molecule has 24 heavy (non-hydrogen) atoms. The molecule has 1 atom stereocenters. The van der Waals surface area contributed by atoms with Crippen molar-refractivity contribution in [2.75, 3.05) is 13.2 Å². The van der Waals surface area contributed by atoms with Crippen LogP contribution in [-0.4, -0.2) is 32.7 Å². The fourth-order valence-corrected chi connectivity index (χ4v) is 2.98. The molecule has 0 radical (unpaired) electrons. The van der Waals surface area contributed by atoms with Crippen LogP contribution in [0.15, 0.2) is 47.4 Å². The summed E-state index contributed by atoms with van der Waals surface area (Å²) in [5.41, 5.74) is 0.406. The summed E-state index contributed by atoms with van der Waals surface area (Å²) in [6.07, 6.45) is -0.147. The Morgan fingerprint density at radius 3 is 2.46 bits per heavy atom. The molecule has 2 aromatic rings. The van der Waals surface area contributed by atoms with Crippen LogP contribution in [0.25, 0.3) is 11.1 Å². The maximum atomic E-state index is 11.7. The van der Waals surface area contributed by atoms with Gasteiger partial charge in [-0.2, -0.15) is 0 Å². The van der Waals surface area contributed by atoms with Crippen LogP contribution in [0.2, 0.25) is 0 Å². The summed E-state index contributed by atoms with van der Waals surface area (Å²) in [5.74, 6) is -0.131. The second-order valence-corrected chi connectivity index (χ2v) is 6.75. The predicted molar refractivity (Wildman–Crippen MR) is 85.1 cm³/mol. The quantitative estimate of drug-likeness (QED) is 0.480. The first-order valence-electron chi connectivity index (χ1n) is 7.02. The molecule has 0 amide bonds. The lowest BCUT2D eigenvalue weighted by atomic mass is 10.0. The van der Waals surface area contributed by atoms with Gasteiger partial charge in [-0.05, 0) is 17.7 Å². The highest BCUT2D eigenvalue weighted by Crippen LogP contribution is 2.42. The fraction of sp³-hybridized carbons (Fsp3) is 0.200. The number of nitrogens with zero attached hydrogens (tertiary/aromatic N) is 1. The molecular formula is C15H14N2O6S. The van der Waals surface area contributed by atoms with Gasteiger partial charge in [-0.3, -0.25) is 10.1 Å². The molecule has 2 N–H and O–H groups in total. The number of sulfonamides is 1. The van der Waals surface area contributed by atoms with Gasteiger partial charge in [0.15, 0.2) is 4.90 Å². The molecule has 1 aliphatic heterocycles. The monoisotopic (exact) mass is 350 g/mol. The molecule has 1 aliphatic rings. The first kappa shape index (κ1) is 16.4. The third kappa shape index (κ3) is 3.37. The fourth-order valence-electron chi connectivity index (χ4n) is 2.29. The van der Waals surface area contributed by atoms with Crippen molar-refractivity contribution in [2.45, 2.75) is 11.0 Å². The van der Waals surface area contributed by atoms with E-state index < -0.39 is 25.5 Å². The zero-order valence-corrected chi connectivity index (χ0v) is 13.2. The Morgan fingerprint density at radius 2 is 1.92 bits per heavy atom. The average Bonchev–Trinajstić information content (AvgIpc) is 3.36. The highest BCUT2D eigenvalue weighted by Gasteiger charge is 2.32. The number of epoxide rings is 1. The average molecular weight is 350 g/mol. The smallest absolute Gasteiger partial charge is 0.331 e. The first-order valence-corrected chi connectivity index (χ1v) is 8.56. The van der Waals surface area contributed by atoms with Crippen molar-refractivity contribution in [1.82, 2.24) is 0 Å². The third-order valence-corrected chi connectivity index (χ3v) is 4.43. The Hall–Kier alpha value is -2.49. The van der Waals surface area contributed by atoms with Gasteiger partial charge in [-0.25, -0.2) is 13.6 Å². The highest BCUT2D eigenvalue weighted by molar-refractivity contribution is 7.89. The summed E-state index contributed by atoms with van der Waals surface area (Å²) in [6, 6.07) is 11.4. The predicted octanol–water partition coefficient (Wildman–Crippen LogP) is 1.69. The molecule has 126 valence electrons. The molecule has 0 saturated carbocycles. The number of rotatable bonds is 6. The third-order valence-electron chi connectivity index (χ3n) is 3.48. The molecule has 1 unspecified atom stereocenters. The van der Waals surface area contributed by atoms with Crippen molar-refractivity contribution in [2.24, 2.45) is 5.14 Å². The Labute approximate surface area is 138 Å². The Bertz CT molecular complexity index is 878. The summed E-state index contributed by atoms with van der Waals surface area (Å²) in [5, 5.41) is 16.6. The number of primary sulfonamides is 1. The summed E-state index contributed by atoms with van der Waals surface area (Å²) in [7, 11) is -4.28. The number of benzene rings is 2. The topological polar surface area (TPSA) is 125 Å². The molecule has 1 fully saturated rings. The van der Waals surface area contributed by atoms with E-state index in [1.807, 2.05) is 0 Å². The SMILES string of the molecule is NS(=O)(=O)c1ccc(-c2ccccc2)c(OCC2CO2)c1[N+](=O)[O-]. The standard InChI is InChI=1S/C15H14N2O6S/c16-24(20,21)13-7-6-12(10-4-2-1-3-5-10)15(14(13)17(18)19)23-9-11-8-22-11/h1-7,11H,8-9H2,(H2,16,20,21). The maximum Gasteiger partial charge on any atom is 0.331 e. The largest absolute Gasteiger partial charge is 0.483 e. The Morgan fingerprint density at radius 1 is 1.25 bits per heavy atom. The van der Waals surface area contributed by atoms with Gasteiger partial charge in [0.05, 0.1) is 11.5 Å². The van der Waals surface area contributed by atoms with Crippen LogP contribution in [0.3, 0.4) is 0 Å². The number of ether oxygens (including phenoxy) is 2. The molecule has 0 aliphatic carbocycles. The summed E-state index contributed by atoms with van der Waals surface area (Å²) >= 11 is 0. The molecule has 3 rings (SSSR count). The van der Waals surface area contributed by atoms with Crippen LogP contribution in [0.4, 0.5) is 5.69 Å². The minimum absolute atomic E-state index is 0.0920. The van der Waals surface area contributed by atoms with E-state index in [4.69, 9.17) is 14.6 Å². The van der Waals surface area contributed by atoms with Crippen molar-refractivity contribution in [3.8, 4) is 16.9 Å². The zero-order chi connectivity index (χ0) is 17.3. The highest BCUT2D eigenvalue weighted by atomic mass is 32.2. The van der Waals surface area contributed by atoms with Crippen molar-refractivity contribution in [3.63, 3.8) is 0 Å². The molecule has 0 bridgehead atoms. The van der Waals surface area contributed by atoms with E-state index in [1.165, 1.54) is 6.07 Å². The van der Waals surface area contributed by atoms with E-state index in [1.54, 1.807) is 30.3 Å². The molecule has 0 spiro atoms. The van der Waals surface area contributed by atoms with E-state index in [2.05, 4.69) is 0 Å². The van der Waals surface area contributed by atoms with Gasteiger partial charge in [0.1, 0.15) is 12.7 Å². The molecular weight excluding hydrogens is 336 g/mol. The minimum Gasteiger partial charge on any atom is -0.483 e. The van der Waals surface area contributed by atoms with E-state index in [0.717, 1.165) is 6.07 Å². The van der Waals surface area contributed by atoms with E-state index in [-0.39, 0.29) is 18.5 Å². The van der Waals surface area contributed by atoms with Gasteiger partial charge >= 0.3 is 5.69 Å². The van der Waals surface area contributed by atoms with E-state index in [9.17, 15) is 18.5 Å². The lowest BCUT2D eigenvalue weighted by Crippen LogP contribution is -2.16. The molecule has 0 aromatic heterocycles. The van der Waals surface area contributed by atoms with Crippen molar-refractivity contribution in [3.05, 3.63) is 52.6 Å². The molecule has 2 aromatic carbocycles. The molecule has 1 saturated heterocycles. The van der Waals surface area contributed by atoms with E-state index in [0.29, 0.717) is 17.7 Å². The van der Waals surface area contributed by atoms with Crippen LogP contribution in [0.1, 0.15) is 0 Å². The minimum atomic E-state index is -4.28. The number of nitrogens with two attached hydrogens (primary N) is 1. The van der Waals surface area contributed by atoms with Gasteiger partial charge in [0.25, 0.3) is 0 Å².